The highest BCUT2D eigenvalue weighted by Crippen LogP contribution is 2.39. The molecule has 2 heterocycles. The van der Waals surface area contributed by atoms with Crippen LogP contribution < -0.4 is 14.8 Å². The SMILES string of the molecule is CCOc1cc(C2C(C(=O)OC)=C(C)Nc3ncnn32)ccc1OCc1ccc(Br)cc1. The number of halogens is 1. The monoisotopic (exact) mass is 498 g/mol. The number of hydrogen-bond donors (Lipinski definition) is 1. The first kappa shape index (κ1) is 21.9. The summed E-state index contributed by atoms with van der Waals surface area (Å²) in [5.41, 5.74) is 2.96. The molecule has 0 saturated carbocycles. The van der Waals surface area contributed by atoms with Gasteiger partial charge in [-0.15, -0.1) is 0 Å². The van der Waals surface area contributed by atoms with Crippen molar-refractivity contribution in [3.05, 3.63) is 75.7 Å². The Labute approximate surface area is 194 Å². The van der Waals surface area contributed by atoms with Crippen LogP contribution in [0.25, 0.3) is 0 Å². The topological polar surface area (TPSA) is 87.5 Å². The van der Waals surface area contributed by atoms with Crippen molar-refractivity contribution in [3.63, 3.8) is 0 Å². The Balaban J connectivity index is 1.69. The molecule has 4 rings (SSSR count). The predicted molar refractivity (Wildman–Crippen MR) is 123 cm³/mol. The highest BCUT2D eigenvalue weighted by molar-refractivity contribution is 9.10. The van der Waals surface area contributed by atoms with E-state index < -0.39 is 12.0 Å². The molecule has 1 atom stereocenters. The third-order valence-electron chi connectivity index (χ3n) is 5.09. The molecule has 0 fully saturated rings. The van der Waals surface area contributed by atoms with Crippen LogP contribution in [0.4, 0.5) is 5.95 Å². The summed E-state index contributed by atoms with van der Waals surface area (Å²) in [5.74, 6) is 1.32. The molecule has 3 aromatic rings. The van der Waals surface area contributed by atoms with E-state index in [1.165, 1.54) is 13.4 Å². The molecule has 1 aromatic heterocycles. The summed E-state index contributed by atoms with van der Waals surface area (Å²) in [7, 11) is 1.36. The normalized spacial score (nSPS) is 15.1. The lowest BCUT2D eigenvalue weighted by molar-refractivity contribution is -0.136. The van der Waals surface area contributed by atoms with Crippen molar-refractivity contribution < 1.29 is 19.0 Å². The molecule has 32 heavy (non-hydrogen) atoms. The summed E-state index contributed by atoms with van der Waals surface area (Å²) in [6.07, 6.45) is 1.45. The molecule has 1 unspecified atom stereocenters. The minimum absolute atomic E-state index is 0.402. The average molecular weight is 499 g/mol. The van der Waals surface area contributed by atoms with Gasteiger partial charge in [-0.1, -0.05) is 34.1 Å². The van der Waals surface area contributed by atoms with Crippen molar-refractivity contribution in [2.45, 2.75) is 26.5 Å². The summed E-state index contributed by atoms with van der Waals surface area (Å²) in [6.45, 7) is 4.60. The Morgan fingerprint density at radius 1 is 1.16 bits per heavy atom. The van der Waals surface area contributed by atoms with E-state index in [9.17, 15) is 4.79 Å². The molecule has 9 heteroatoms. The number of anilines is 1. The lowest BCUT2D eigenvalue weighted by Gasteiger charge is -2.28. The van der Waals surface area contributed by atoms with Crippen molar-refractivity contribution in [1.82, 2.24) is 14.8 Å². The zero-order valence-electron chi connectivity index (χ0n) is 18.0. The van der Waals surface area contributed by atoms with Crippen LogP contribution >= 0.6 is 15.9 Å². The molecule has 1 aliphatic rings. The number of allylic oxidation sites excluding steroid dienone is 1. The van der Waals surface area contributed by atoms with Crippen molar-refractivity contribution >= 4 is 27.8 Å². The first-order chi connectivity index (χ1) is 15.5. The van der Waals surface area contributed by atoms with Gasteiger partial charge in [0.2, 0.25) is 5.95 Å². The van der Waals surface area contributed by atoms with Crippen molar-refractivity contribution in [2.24, 2.45) is 0 Å². The van der Waals surface area contributed by atoms with Crippen LogP contribution in [0.2, 0.25) is 0 Å². The molecule has 0 amide bonds. The maximum atomic E-state index is 12.6. The Bertz CT molecular complexity index is 1160. The van der Waals surface area contributed by atoms with Crippen molar-refractivity contribution in [1.29, 1.82) is 0 Å². The summed E-state index contributed by atoms with van der Waals surface area (Å²) in [6, 6.07) is 13.0. The number of hydrogen-bond acceptors (Lipinski definition) is 7. The van der Waals surface area contributed by atoms with Gasteiger partial charge in [-0.25, -0.2) is 9.48 Å². The van der Waals surface area contributed by atoms with E-state index in [4.69, 9.17) is 14.2 Å². The summed E-state index contributed by atoms with van der Waals surface area (Å²) in [4.78, 5) is 16.9. The standard InChI is InChI=1S/C23H23BrN4O4/c1-4-31-19-11-16(7-10-18(19)32-12-15-5-8-17(24)9-6-15)21-20(22(29)30-3)14(2)27-23-25-13-26-28(21)23/h5-11,13,21H,4,12H2,1-3H3,(H,25,26,27). The smallest absolute Gasteiger partial charge is 0.338 e. The molecule has 0 bridgehead atoms. The summed E-state index contributed by atoms with van der Waals surface area (Å²) in [5, 5.41) is 7.43. The Morgan fingerprint density at radius 2 is 1.94 bits per heavy atom. The fraction of sp³-hybridized carbons (Fsp3) is 0.261. The van der Waals surface area contributed by atoms with E-state index in [0.29, 0.717) is 41.9 Å². The van der Waals surface area contributed by atoms with Crippen molar-refractivity contribution in [2.75, 3.05) is 19.0 Å². The Morgan fingerprint density at radius 3 is 2.66 bits per heavy atom. The van der Waals surface area contributed by atoms with Gasteiger partial charge in [-0.2, -0.15) is 10.1 Å². The largest absolute Gasteiger partial charge is 0.490 e. The molecular weight excluding hydrogens is 476 g/mol. The third kappa shape index (κ3) is 4.34. The first-order valence-corrected chi connectivity index (χ1v) is 10.9. The van der Waals surface area contributed by atoms with E-state index in [0.717, 1.165) is 15.6 Å². The van der Waals surface area contributed by atoms with Crippen LogP contribution in [-0.2, 0) is 16.1 Å². The number of rotatable bonds is 7. The summed E-state index contributed by atoms with van der Waals surface area (Å²) >= 11 is 3.44. The van der Waals surface area contributed by atoms with E-state index >= 15 is 0 Å². The molecular formula is C23H23BrN4O4. The maximum absolute atomic E-state index is 12.6. The molecule has 1 aliphatic heterocycles. The highest BCUT2D eigenvalue weighted by atomic mass is 79.9. The van der Waals surface area contributed by atoms with Crippen LogP contribution in [0.15, 0.2) is 64.5 Å². The third-order valence-corrected chi connectivity index (χ3v) is 5.62. The fourth-order valence-electron chi connectivity index (χ4n) is 3.60. The maximum Gasteiger partial charge on any atom is 0.338 e. The number of carbonyl (C=O) groups is 1. The van der Waals surface area contributed by atoms with E-state index in [-0.39, 0.29) is 0 Å². The number of nitrogens with one attached hydrogen (secondary N) is 1. The number of aromatic nitrogens is 3. The summed E-state index contributed by atoms with van der Waals surface area (Å²) < 4.78 is 19.6. The zero-order chi connectivity index (χ0) is 22.7. The number of methoxy groups -OCH3 is 1. The molecule has 0 radical (unpaired) electrons. The molecule has 0 saturated heterocycles. The van der Waals surface area contributed by atoms with Crippen LogP contribution in [0, 0.1) is 0 Å². The number of carbonyl (C=O) groups excluding carboxylic acids is 1. The highest BCUT2D eigenvalue weighted by Gasteiger charge is 2.34. The zero-order valence-corrected chi connectivity index (χ0v) is 19.5. The first-order valence-electron chi connectivity index (χ1n) is 10.1. The number of esters is 1. The Hall–Kier alpha value is -3.33. The van der Waals surface area contributed by atoms with Gasteiger partial charge in [0.25, 0.3) is 0 Å². The van der Waals surface area contributed by atoms with Crippen LogP contribution in [0.3, 0.4) is 0 Å². The van der Waals surface area contributed by atoms with Gasteiger partial charge in [0.15, 0.2) is 11.5 Å². The number of ether oxygens (including phenoxy) is 3. The van der Waals surface area contributed by atoms with Gasteiger partial charge < -0.3 is 19.5 Å². The second-order valence-electron chi connectivity index (χ2n) is 7.14. The Kier molecular flexibility index (Phi) is 6.45. The van der Waals surface area contributed by atoms with E-state index in [2.05, 4.69) is 31.3 Å². The minimum atomic E-state index is -0.513. The molecule has 1 N–H and O–H groups in total. The van der Waals surface area contributed by atoms with Gasteiger partial charge in [-0.3, -0.25) is 0 Å². The van der Waals surface area contributed by atoms with Gasteiger partial charge >= 0.3 is 5.97 Å². The molecule has 8 nitrogen and oxygen atoms in total. The van der Waals surface area contributed by atoms with Crippen LogP contribution in [0.1, 0.15) is 31.0 Å². The number of fused-ring (bicyclic) bond motifs is 1. The number of nitrogens with zero attached hydrogens (tertiary/aromatic N) is 3. The molecule has 0 aliphatic carbocycles. The average Bonchev–Trinajstić information content (AvgIpc) is 3.26. The second kappa shape index (κ2) is 9.44. The quantitative estimate of drug-likeness (QED) is 0.480. The van der Waals surface area contributed by atoms with Crippen LogP contribution in [-0.4, -0.2) is 34.5 Å². The second-order valence-corrected chi connectivity index (χ2v) is 8.06. The van der Waals surface area contributed by atoms with Gasteiger partial charge in [0, 0.05) is 10.2 Å². The molecule has 2 aromatic carbocycles. The van der Waals surface area contributed by atoms with Gasteiger partial charge in [0.1, 0.15) is 19.0 Å². The number of benzene rings is 2. The lowest BCUT2D eigenvalue weighted by Crippen LogP contribution is -2.29. The van der Waals surface area contributed by atoms with Crippen molar-refractivity contribution in [3.8, 4) is 11.5 Å². The van der Waals surface area contributed by atoms with Gasteiger partial charge in [0.05, 0.1) is 19.3 Å². The van der Waals surface area contributed by atoms with E-state index in [1.807, 2.05) is 56.3 Å². The predicted octanol–water partition coefficient (Wildman–Crippen LogP) is 4.48. The fourth-order valence-corrected chi connectivity index (χ4v) is 3.86. The molecule has 166 valence electrons. The van der Waals surface area contributed by atoms with Crippen LogP contribution in [0.5, 0.6) is 11.5 Å². The lowest BCUT2D eigenvalue weighted by atomic mass is 9.95. The van der Waals surface area contributed by atoms with Gasteiger partial charge in [-0.05, 0) is 49.2 Å². The molecule has 0 spiro atoms. The minimum Gasteiger partial charge on any atom is -0.490 e. The van der Waals surface area contributed by atoms with E-state index in [1.54, 1.807) is 4.68 Å².